The summed E-state index contributed by atoms with van der Waals surface area (Å²) in [6.07, 6.45) is -0.334. The molecule has 0 aliphatic carbocycles. The molecule has 84 valence electrons. The third-order valence-corrected chi connectivity index (χ3v) is 2.22. The van der Waals surface area contributed by atoms with E-state index in [9.17, 15) is 9.36 Å². The van der Waals surface area contributed by atoms with E-state index >= 15 is 0 Å². The predicted molar refractivity (Wildman–Crippen MR) is 47.0 cm³/mol. The van der Waals surface area contributed by atoms with Gasteiger partial charge in [-0.1, -0.05) is 6.92 Å². The molecule has 0 saturated heterocycles. The molecule has 7 nitrogen and oxygen atoms in total. The fourth-order valence-corrected chi connectivity index (χ4v) is 1.66. The lowest BCUT2D eigenvalue weighted by molar-refractivity contribution is -0.141. The van der Waals surface area contributed by atoms with Crippen LogP contribution in [0.4, 0.5) is 0 Å². The average molecular weight is 228 g/mol. The highest BCUT2D eigenvalue weighted by Crippen LogP contribution is 2.37. The first-order valence-corrected chi connectivity index (χ1v) is 5.43. The zero-order chi connectivity index (χ0) is 11.8. The van der Waals surface area contributed by atoms with Crippen LogP contribution < -0.4 is 0 Å². The molecule has 0 aliphatic heterocycles. The van der Waals surface area contributed by atoms with E-state index in [-0.39, 0.29) is 12.9 Å². The summed E-state index contributed by atoms with van der Waals surface area (Å²) in [7, 11) is -4.17. The average Bonchev–Trinajstić information content (AvgIpc) is 1.99. The molecule has 0 aromatic heterocycles. The Labute approximate surface area is 80.5 Å². The minimum Gasteiger partial charge on any atom is -0.483 e. The molecule has 0 aliphatic rings. The van der Waals surface area contributed by atoms with Crippen molar-refractivity contribution in [3.63, 3.8) is 0 Å². The summed E-state index contributed by atoms with van der Waals surface area (Å²) in [6, 6.07) is 0. The Morgan fingerprint density at radius 2 is 1.86 bits per heavy atom. The van der Waals surface area contributed by atoms with Crippen molar-refractivity contribution >= 4 is 20.0 Å². The third-order valence-electron chi connectivity index (χ3n) is 1.30. The number of aliphatic carboxylic acids is 1. The zero-order valence-corrected chi connectivity index (χ0v) is 8.42. The van der Waals surface area contributed by atoms with Gasteiger partial charge in [0.2, 0.25) is 0 Å². The van der Waals surface area contributed by atoms with Crippen molar-refractivity contribution in [3.8, 4) is 0 Å². The number of rotatable bonds is 4. The van der Waals surface area contributed by atoms with E-state index in [0.717, 1.165) is 0 Å². The second-order valence-electron chi connectivity index (χ2n) is 2.40. The minimum atomic E-state index is -4.17. The van der Waals surface area contributed by atoms with E-state index in [1.807, 2.05) is 0 Å². The van der Waals surface area contributed by atoms with Crippen LogP contribution in [0.5, 0.6) is 0 Å². The molecule has 4 N–H and O–H groups in total. The molecule has 0 aromatic rings. The van der Waals surface area contributed by atoms with Gasteiger partial charge in [0.1, 0.15) is 0 Å². The Hall–Kier alpha value is -0.910. The van der Waals surface area contributed by atoms with Gasteiger partial charge in [0, 0.05) is 0 Å². The van der Waals surface area contributed by atoms with Crippen molar-refractivity contribution in [1.82, 2.24) is 0 Å². The van der Waals surface area contributed by atoms with Gasteiger partial charge in [0.05, 0.1) is 12.1 Å². The fourth-order valence-electron chi connectivity index (χ4n) is 0.669. The highest BCUT2D eigenvalue weighted by atomic mass is 31.2. The summed E-state index contributed by atoms with van der Waals surface area (Å²) in [6.45, 7) is 1.33. The van der Waals surface area contributed by atoms with Crippen LogP contribution in [0.1, 0.15) is 13.3 Å². The highest BCUT2D eigenvalue weighted by Gasteiger charge is 2.25. The zero-order valence-electron chi connectivity index (χ0n) is 7.53. The fraction of sp³-hybridized carbons (Fsp3) is 0.667. The van der Waals surface area contributed by atoms with Gasteiger partial charge in [-0.05, 0) is 6.42 Å². The number of hydrogen-bond donors (Lipinski definition) is 4. The summed E-state index contributed by atoms with van der Waals surface area (Å²) in [5.74, 6) is -2.09. The van der Waals surface area contributed by atoms with Crippen LogP contribution in [0.2, 0.25) is 0 Å². The lowest BCUT2D eigenvalue weighted by Crippen LogP contribution is -2.16. The van der Waals surface area contributed by atoms with Gasteiger partial charge in [0.15, 0.2) is 0 Å². The van der Waals surface area contributed by atoms with Crippen molar-refractivity contribution in [2.24, 2.45) is 5.92 Å². The Morgan fingerprint density at radius 1 is 1.50 bits per heavy atom. The lowest BCUT2D eigenvalue weighted by Gasteiger charge is -2.09. The normalized spacial score (nSPS) is 12.2. The van der Waals surface area contributed by atoms with Crippen LogP contribution in [0.25, 0.3) is 0 Å². The van der Waals surface area contributed by atoms with E-state index in [4.69, 9.17) is 24.8 Å². The third kappa shape index (κ3) is 11.1. The molecule has 0 spiro atoms. The van der Waals surface area contributed by atoms with E-state index in [2.05, 4.69) is 0 Å². The topological polar surface area (TPSA) is 132 Å². The van der Waals surface area contributed by atoms with Gasteiger partial charge in [-0.15, -0.1) is 0 Å². The quantitative estimate of drug-likeness (QED) is 0.392. The van der Waals surface area contributed by atoms with Crippen molar-refractivity contribution in [2.75, 3.05) is 6.16 Å². The second-order valence-corrected chi connectivity index (χ2v) is 4.09. The Bertz CT molecular complexity index is 220. The maximum absolute atomic E-state index is 10.3. The summed E-state index contributed by atoms with van der Waals surface area (Å²) >= 11 is 0. The SMILES string of the molecule is CCC(CP(=O)(O)O)C(=O)O.O=CO. The molecule has 0 saturated carbocycles. The van der Waals surface area contributed by atoms with Crippen LogP contribution in [-0.4, -0.2) is 38.6 Å². The van der Waals surface area contributed by atoms with Crippen LogP contribution in [0.3, 0.4) is 0 Å². The number of carbonyl (C=O) groups is 2. The first-order valence-electron chi connectivity index (χ1n) is 3.63. The lowest BCUT2D eigenvalue weighted by atomic mass is 10.1. The molecule has 0 radical (unpaired) electrons. The highest BCUT2D eigenvalue weighted by molar-refractivity contribution is 7.51. The molecule has 0 bridgehead atoms. The van der Waals surface area contributed by atoms with Gasteiger partial charge < -0.3 is 20.0 Å². The molecule has 0 rings (SSSR count). The smallest absolute Gasteiger partial charge is 0.326 e. The van der Waals surface area contributed by atoms with Crippen molar-refractivity contribution in [1.29, 1.82) is 0 Å². The molecule has 8 heteroatoms. The number of hydrogen-bond acceptors (Lipinski definition) is 3. The van der Waals surface area contributed by atoms with E-state index in [1.165, 1.54) is 0 Å². The molecule has 1 atom stereocenters. The first-order chi connectivity index (χ1) is 6.28. The van der Waals surface area contributed by atoms with Crippen LogP contribution in [-0.2, 0) is 14.2 Å². The van der Waals surface area contributed by atoms with E-state index in [0.29, 0.717) is 0 Å². The first kappa shape index (κ1) is 15.6. The Balaban J connectivity index is 0. The number of carboxylic acids is 1. The predicted octanol–water partition coefficient (Wildman–Crippen LogP) is -0.0243. The maximum atomic E-state index is 10.3. The second kappa shape index (κ2) is 7.49. The van der Waals surface area contributed by atoms with E-state index in [1.54, 1.807) is 6.92 Å². The van der Waals surface area contributed by atoms with E-state index < -0.39 is 25.6 Å². The summed E-state index contributed by atoms with van der Waals surface area (Å²) in [5.41, 5.74) is 0. The van der Waals surface area contributed by atoms with Crippen molar-refractivity contribution in [3.05, 3.63) is 0 Å². The van der Waals surface area contributed by atoms with Crippen molar-refractivity contribution < 1.29 is 34.2 Å². The Kier molecular flexibility index (Phi) is 8.32. The van der Waals surface area contributed by atoms with Gasteiger partial charge >= 0.3 is 13.6 Å². The molecular weight excluding hydrogens is 215 g/mol. The van der Waals surface area contributed by atoms with Crippen molar-refractivity contribution in [2.45, 2.75) is 13.3 Å². The van der Waals surface area contributed by atoms with Gasteiger partial charge in [-0.3, -0.25) is 14.2 Å². The molecule has 0 amide bonds. The molecular formula is C6H13O7P. The molecule has 0 aromatic carbocycles. The largest absolute Gasteiger partial charge is 0.483 e. The number of carboxylic acid groups (broad SMARTS) is 2. The van der Waals surface area contributed by atoms with Gasteiger partial charge in [0.25, 0.3) is 6.47 Å². The summed E-state index contributed by atoms with van der Waals surface area (Å²) in [5, 5.41) is 15.3. The molecule has 0 heterocycles. The van der Waals surface area contributed by atoms with Gasteiger partial charge in [-0.25, -0.2) is 0 Å². The molecule has 14 heavy (non-hydrogen) atoms. The standard InChI is InChI=1S/C5H11O5P.CH2O2/c1-2-4(5(6)7)3-11(8,9)10;2-1-3/h4H,2-3H2,1H3,(H,6,7)(H2,8,9,10);1H,(H,2,3). The molecule has 0 fully saturated rings. The maximum Gasteiger partial charge on any atom is 0.326 e. The van der Waals surface area contributed by atoms with Crippen LogP contribution in [0.15, 0.2) is 0 Å². The molecule has 1 unspecified atom stereocenters. The van der Waals surface area contributed by atoms with Gasteiger partial charge in [-0.2, -0.15) is 0 Å². The monoisotopic (exact) mass is 228 g/mol. The Morgan fingerprint density at radius 3 is 1.93 bits per heavy atom. The minimum absolute atomic E-state index is 0.237. The van der Waals surface area contributed by atoms with Crippen LogP contribution in [0, 0.1) is 5.92 Å². The van der Waals surface area contributed by atoms with Crippen LogP contribution >= 0.6 is 7.60 Å². The summed E-state index contributed by atoms with van der Waals surface area (Å²) < 4.78 is 10.3. The summed E-state index contributed by atoms with van der Waals surface area (Å²) in [4.78, 5) is 35.5.